The molecule has 0 saturated heterocycles. The number of unbranched alkanes of at least 4 members (excludes halogenated alkanes) is 1. The summed E-state index contributed by atoms with van der Waals surface area (Å²) in [7, 11) is 0. The molecular weight excluding hydrogens is 156 g/mol. The van der Waals surface area contributed by atoms with Crippen LogP contribution in [0, 0.1) is 17.8 Å². The summed E-state index contributed by atoms with van der Waals surface area (Å²) in [5.74, 6) is 3.00. The van der Waals surface area contributed by atoms with Crippen molar-refractivity contribution in [2.45, 2.75) is 65.7 Å². The number of hydrogen-bond acceptors (Lipinski definition) is 0. The molecule has 0 aliphatic heterocycles. The van der Waals surface area contributed by atoms with Crippen molar-refractivity contribution in [3.8, 4) is 0 Å². The van der Waals surface area contributed by atoms with Crippen molar-refractivity contribution >= 4 is 0 Å². The topological polar surface area (TPSA) is 0 Å². The van der Waals surface area contributed by atoms with Crippen LogP contribution in [-0.4, -0.2) is 0 Å². The highest BCUT2D eigenvalue weighted by Gasteiger charge is 2.24. The van der Waals surface area contributed by atoms with E-state index in [0.29, 0.717) is 0 Å². The van der Waals surface area contributed by atoms with E-state index in [-0.39, 0.29) is 0 Å². The van der Waals surface area contributed by atoms with Gasteiger partial charge in [0.1, 0.15) is 0 Å². The molecular formula is C13H26. The Morgan fingerprint density at radius 2 is 1.77 bits per heavy atom. The Labute approximate surface area is 84.1 Å². The van der Waals surface area contributed by atoms with E-state index in [1.54, 1.807) is 0 Å². The van der Waals surface area contributed by atoms with Crippen molar-refractivity contribution in [2.24, 2.45) is 17.8 Å². The van der Waals surface area contributed by atoms with Crippen LogP contribution in [0.2, 0.25) is 0 Å². The lowest BCUT2D eigenvalue weighted by atomic mass is 9.80. The lowest BCUT2D eigenvalue weighted by molar-refractivity contribution is 0.250. The fraction of sp³-hybridized carbons (Fsp3) is 1.00. The van der Waals surface area contributed by atoms with Crippen LogP contribution >= 0.6 is 0 Å². The van der Waals surface area contributed by atoms with E-state index in [1.807, 2.05) is 0 Å². The van der Waals surface area contributed by atoms with E-state index in [9.17, 15) is 0 Å². The van der Waals surface area contributed by atoms with Crippen LogP contribution in [0.3, 0.4) is 0 Å². The first kappa shape index (κ1) is 11.1. The molecule has 0 aromatic rings. The quantitative estimate of drug-likeness (QED) is 0.581. The minimum atomic E-state index is 0.961. The Kier molecular flexibility index (Phi) is 4.83. The Balaban J connectivity index is 2.23. The first-order chi connectivity index (χ1) is 6.25. The van der Waals surface area contributed by atoms with Gasteiger partial charge in [0.25, 0.3) is 0 Å². The van der Waals surface area contributed by atoms with Gasteiger partial charge in [-0.1, -0.05) is 65.7 Å². The van der Waals surface area contributed by atoms with Gasteiger partial charge in [-0.25, -0.2) is 0 Å². The molecule has 2 unspecified atom stereocenters. The minimum absolute atomic E-state index is 0.961. The fourth-order valence-corrected chi connectivity index (χ4v) is 2.74. The molecule has 1 saturated carbocycles. The van der Waals surface area contributed by atoms with Gasteiger partial charge in [-0.05, 0) is 17.8 Å². The van der Waals surface area contributed by atoms with Crippen LogP contribution in [0.5, 0.6) is 0 Å². The van der Waals surface area contributed by atoms with Gasteiger partial charge in [-0.2, -0.15) is 0 Å². The predicted molar refractivity (Wildman–Crippen MR) is 59.8 cm³/mol. The van der Waals surface area contributed by atoms with Crippen molar-refractivity contribution in [3.63, 3.8) is 0 Å². The van der Waals surface area contributed by atoms with Crippen molar-refractivity contribution < 1.29 is 0 Å². The van der Waals surface area contributed by atoms with E-state index in [4.69, 9.17) is 0 Å². The molecule has 2 atom stereocenters. The van der Waals surface area contributed by atoms with Gasteiger partial charge in [0.15, 0.2) is 0 Å². The summed E-state index contributed by atoms with van der Waals surface area (Å²) in [6, 6.07) is 0. The maximum atomic E-state index is 2.48. The van der Waals surface area contributed by atoms with Crippen LogP contribution in [-0.2, 0) is 0 Å². The van der Waals surface area contributed by atoms with Crippen LogP contribution in [0.1, 0.15) is 65.7 Å². The van der Waals surface area contributed by atoms with E-state index in [2.05, 4.69) is 20.8 Å². The van der Waals surface area contributed by atoms with Crippen LogP contribution < -0.4 is 0 Å². The first-order valence-corrected chi connectivity index (χ1v) is 6.25. The molecule has 1 rings (SSSR count). The summed E-state index contributed by atoms with van der Waals surface area (Å²) in [5.41, 5.74) is 0. The Morgan fingerprint density at radius 1 is 1.15 bits per heavy atom. The van der Waals surface area contributed by atoms with Gasteiger partial charge in [-0.15, -0.1) is 0 Å². The monoisotopic (exact) mass is 182 g/mol. The summed E-state index contributed by atoms with van der Waals surface area (Å²) < 4.78 is 0. The minimum Gasteiger partial charge on any atom is -0.0654 e. The zero-order valence-corrected chi connectivity index (χ0v) is 9.68. The molecule has 0 spiro atoms. The predicted octanol–water partition coefficient (Wildman–Crippen LogP) is 4.64. The van der Waals surface area contributed by atoms with Gasteiger partial charge in [-0.3, -0.25) is 0 Å². The lowest BCUT2D eigenvalue weighted by Crippen LogP contribution is -2.16. The molecule has 1 aliphatic carbocycles. The van der Waals surface area contributed by atoms with E-state index >= 15 is 0 Å². The molecule has 0 heteroatoms. The molecule has 0 aromatic carbocycles. The molecule has 13 heavy (non-hydrogen) atoms. The van der Waals surface area contributed by atoms with E-state index < -0.39 is 0 Å². The van der Waals surface area contributed by atoms with Gasteiger partial charge in [0, 0.05) is 0 Å². The standard InChI is InChI=1S/C13H26/c1-4-5-8-11(2)12(3)13-9-6-7-10-13/h11-13H,4-10H2,1-3H3. The van der Waals surface area contributed by atoms with Crippen LogP contribution in [0.15, 0.2) is 0 Å². The van der Waals surface area contributed by atoms with Crippen molar-refractivity contribution in [1.29, 1.82) is 0 Å². The maximum absolute atomic E-state index is 2.48. The molecule has 0 aromatic heterocycles. The normalized spacial score (nSPS) is 23.3. The summed E-state index contributed by atoms with van der Waals surface area (Å²) in [6.07, 6.45) is 10.3. The third kappa shape index (κ3) is 3.32. The molecule has 0 radical (unpaired) electrons. The molecule has 78 valence electrons. The molecule has 0 bridgehead atoms. The van der Waals surface area contributed by atoms with Crippen molar-refractivity contribution in [2.75, 3.05) is 0 Å². The smallest absolute Gasteiger partial charge is 0.0386 e. The SMILES string of the molecule is CCCCC(C)C(C)C1CCCC1. The summed E-state index contributed by atoms with van der Waals surface area (Å²) in [4.78, 5) is 0. The fourth-order valence-electron chi connectivity index (χ4n) is 2.74. The Bertz CT molecular complexity index is 122. The zero-order valence-electron chi connectivity index (χ0n) is 9.68. The summed E-state index contributed by atoms with van der Waals surface area (Å²) in [6.45, 7) is 7.24. The molecule has 0 N–H and O–H groups in total. The van der Waals surface area contributed by atoms with Gasteiger partial charge in [0.05, 0.1) is 0 Å². The highest BCUT2D eigenvalue weighted by molar-refractivity contribution is 4.75. The summed E-state index contributed by atoms with van der Waals surface area (Å²) >= 11 is 0. The third-order valence-electron chi connectivity index (χ3n) is 4.05. The molecule has 0 heterocycles. The molecule has 1 aliphatic rings. The van der Waals surface area contributed by atoms with Gasteiger partial charge in [0.2, 0.25) is 0 Å². The molecule has 1 fully saturated rings. The Morgan fingerprint density at radius 3 is 2.31 bits per heavy atom. The Hall–Kier alpha value is 0. The van der Waals surface area contributed by atoms with Gasteiger partial charge >= 0.3 is 0 Å². The van der Waals surface area contributed by atoms with Gasteiger partial charge < -0.3 is 0 Å². The first-order valence-electron chi connectivity index (χ1n) is 6.25. The lowest BCUT2D eigenvalue weighted by Gasteiger charge is -2.25. The van der Waals surface area contributed by atoms with Crippen molar-refractivity contribution in [1.82, 2.24) is 0 Å². The van der Waals surface area contributed by atoms with Crippen LogP contribution in [0.4, 0.5) is 0 Å². The average Bonchev–Trinajstić information content (AvgIpc) is 2.65. The zero-order chi connectivity index (χ0) is 9.68. The highest BCUT2D eigenvalue weighted by Crippen LogP contribution is 2.36. The maximum Gasteiger partial charge on any atom is -0.0386 e. The second-order valence-electron chi connectivity index (χ2n) is 5.02. The van der Waals surface area contributed by atoms with E-state index in [0.717, 1.165) is 17.8 Å². The highest BCUT2D eigenvalue weighted by atomic mass is 14.3. The molecule has 0 amide bonds. The third-order valence-corrected chi connectivity index (χ3v) is 4.05. The van der Waals surface area contributed by atoms with E-state index in [1.165, 1.54) is 44.9 Å². The second-order valence-corrected chi connectivity index (χ2v) is 5.02. The van der Waals surface area contributed by atoms with Crippen LogP contribution in [0.25, 0.3) is 0 Å². The average molecular weight is 182 g/mol. The van der Waals surface area contributed by atoms with Crippen molar-refractivity contribution in [3.05, 3.63) is 0 Å². The second kappa shape index (κ2) is 5.67. The number of hydrogen-bond donors (Lipinski definition) is 0. The number of rotatable bonds is 5. The largest absolute Gasteiger partial charge is 0.0654 e. The summed E-state index contributed by atoms with van der Waals surface area (Å²) in [5, 5.41) is 0. The molecule has 0 nitrogen and oxygen atoms in total.